The summed E-state index contributed by atoms with van der Waals surface area (Å²) in [6, 6.07) is 14.3. The number of nitrogens with one attached hydrogen (secondary N) is 2. The van der Waals surface area contributed by atoms with Gasteiger partial charge in [0.2, 0.25) is 5.91 Å². The first-order valence-electron chi connectivity index (χ1n) is 9.55. The predicted molar refractivity (Wildman–Crippen MR) is 109 cm³/mol. The second-order valence-corrected chi connectivity index (χ2v) is 6.94. The van der Waals surface area contributed by atoms with Gasteiger partial charge < -0.3 is 20.1 Å². The van der Waals surface area contributed by atoms with Crippen LogP contribution in [0.2, 0.25) is 0 Å². The van der Waals surface area contributed by atoms with E-state index in [1.807, 2.05) is 42.5 Å². The second-order valence-electron chi connectivity index (χ2n) is 6.94. The van der Waals surface area contributed by atoms with Crippen LogP contribution in [-0.2, 0) is 11.2 Å². The largest absolute Gasteiger partial charge is 0.493 e. The van der Waals surface area contributed by atoms with Crippen molar-refractivity contribution in [1.29, 1.82) is 0 Å². The zero-order chi connectivity index (χ0) is 19.1. The Morgan fingerprint density at radius 1 is 0.963 bits per heavy atom. The van der Waals surface area contributed by atoms with Crippen LogP contribution in [0, 0.1) is 0 Å². The van der Waals surface area contributed by atoms with E-state index >= 15 is 0 Å². The van der Waals surface area contributed by atoms with E-state index in [2.05, 4.69) is 10.6 Å². The molecule has 1 aliphatic rings. The molecule has 0 unspecified atom stereocenters. The van der Waals surface area contributed by atoms with Crippen LogP contribution in [-0.4, -0.2) is 26.2 Å². The summed E-state index contributed by atoms with van der Waals surface area (Å²) in [5.41, 5.74) is 2.98. The Kier molecular flexibility index (Phi) is 6.58. The minimum atomic E-state index is 0.00119. The lowest BCUT2D eigenvalue weighted by atomic mass is 10.1. The number of carbonyl (C=O) groups is 1. The molecule has 0 saturated heterocycles. The van der Waals surface area contributed by atoms with Gasteiger partial charge in [0.25, 0.3) is 0 Å². The van der Waals surface area contributed by atoms with Crippen LogP contribution in [0.25, 0.3) is 0 Å². The molecule has 5 heteroatoms. The molecule has 0 bridgehead atoms. The first-order valence-corrected chi connectivity index (χ1v) is 9.55. The van der Waals surface area contributed by atoms with Crippen molar-refractivity contribution in [2.45, 2.75) is 44.6 Å². The first kappa shape index (κ1) is 19.1. The molecule has 0 atom stereocenters. The van der Waals surface area contributed by atoms with Crippen LogP contribution in [0.4, 0.5) is 11.4 Å². The molecule has 1 aliphatic carbocycles. The van der Waals surface area contributed by atoms with Crippen LogP contribution < -0.4 is 20.1 Å². The molecular weight excluding hydrogens is 340 g/mol. The van der Waals surface area contributed by atoms with Gasteiger partial charge >= 0.3 is 0 Å². The van der Waals surface area contributed by atoms with E-state index in [1.165, 1.54) is 25.7 Å². The number of ether oxygens (including phenoxy) is 2. The van der Waals surface area contributed by atoms with Crippen molar-refractivity contribution >= 4 is 17.3 Å². The lowest BCUT2D eigenvalue weighted by Crippen LogP contribution is -2.15. The number of hydrogen-bond acceptors (Lipinski definition) is 4. The average molecular weight is 368 g/mol. The Hall–Kier alpha value is -2.69. The molecule has 0 radical (unpaired) electrons. The SMILES string of the molecule is COc1ccc(CCC(=O)Nc2ccc(NC3CCCC3)cc2)cc1OC. The van der Waals surface area contributed by atoms with Gasteiger partial charge in [-0.15, -0.1) is 0 Å². The highest BCUT2D eigenvalue weighted by Gasteiger charge is 2.14. The molecule has 3 rings (SSSR count). The van der Waals surface area contributed by atoms with Crippen LogP contribution in [0.15, 0.2) is 42.5 Å². The van der Waals surface area contributed by atoms with Gasteiger partial charge in [-0.3, -0.25) is 4.79 Å². The van der Waals surface area contributed by atoms with Crippen LogP contribution in [0.1, 0.15) is 37.7 Å². The molecule has 2 N–H and O–H groups in total. The fourth-order valence-electron chi connectivity index (χ4n) is 3.47. The van der Waals surface area contributed by atoms with Gasteiger partial charge in [-0.1, -0.05) is 18.9 Å². The molecule has 0 heterocycles. The minimum absolute atomic E-state index is 0.00119. The molecule has 0 spiro atoms. The van der Waals surface area contributed by atoms with Crippen LogP contribution in [0.3, 0.4) is 0 Å². The number of benzene rings is 2. The fraction of sp³-hybridized carbons (Fsp3) is 0.409. The number of methoxy groups -OCH3 is 2. The number of aryl methyl sites for hydroxylation is 1. The maximum atomic E-state index is 12.2. The summed E-state index contributed by atoms with van der Waals surface area (Å²) in [5.74, 6) is 1.37. The Bertz CT molecular complexity index is 753. The number of amides is 1. The zero-order valence-corrected chi connectivity index (χ0v) is 16.1. The molecule has 2 aromatic rings. The summed E-state index contributed by atoms with van der Waals surface area (Å²) in [5, 5.41) is 6.51. The molecule has 1 fully saturated rings. The minimum Gasteiger partial charge on any atom is -0.493 e. The molecule has 144 valence electrons. The van der Waals surface area contributed by atoms with E-state index in [4.69, 9.17) is 9.47 Å². The zero-order valence-electron chi connectivity index (χ0n) is 16.1. The Labute approximate surface area is 161 Å². The molecule has 0 aromatic heterocycles. The maximum absolute atomic E-state index is 12.2. The maximum Gasteiger partial charge on any atom is 0.224 e. The molecule has 1 saturated carbocycles. The van der Waals surface area contributed by atoms with Gasteiger partial charge in [0.15, 0.2) is 11.5 Å². The van der Waals surface area contributed by atoms with Crippen LogP contribution >= 0.6 is 0 Å². The van der Waals surface area contributed by atoms with E-state index in [0.29, 0.717) is 30.4 Å². The van der Waals surface area contributed by atoms with Gasteiger partial charge in [-0.2, -0.15) is 0 Å². The summed E-state index contributed by atoms with van der Waals surface area (Å²) < 4.78 is 10.5. The number of hydrogen-bond donors (Lipinski definition) is 2. The van der Waals surface area contributed by atoms with E-state index in [1.54, 1.807) is 14.2 Å². The summed E-state index contributed by atoms with van der Waals surface area (Å²) >= 11 is 0. The van der Waals surface area contributed by atoms with E-state index in [9.17, 15) is 4.79 Å². The van der Waals surface area contributed by atoms with Crippen molar-refractivity contribution in [2.24, 2.45) is 0 Å². The quantitative estimate of drug-likeness (QED) is 0.713. The first-order chi connectivity index (χ1) is 13.2. The third-order valence-electron chi connectivity index (χ3n) is 4.98. The normalized spacial score (nSPS) is 14.0. The highest BCUT2D eigenvalue weighted by molar-refractivity contribution is 5.91. The summed E-state index contributed by atoms with van der Waals surface area (Å²) in [4.78, 5) is 12.2. The average Bonchev–Trinajstić information content (AvgIpc) is 3.20. The highest BCUT2D eigenvalue weighted by atomic mass is 16.5. The topological polar surface area (TPSA) is 59.6 Å². The highest BCUT2D eigenvalue weighted by Crippen LogP contribution is 2.28. The van der Waals surface area contributed by atoms with Gasteiger partial charge in [-0.05, 0) is 61.2 Å². The number of rotatable bonds is 8. The number of carbonyl (C=O) groups excluding carboxylic acids is 1. The van der Waals surface area contributed by atoms with Crippen molar-refractivity contribution in [3.05, 3.63) is 48.0 Å². The Morgan fingerprint density at radius 3 is 2.30 bits per heavy atom. The summed E-state index contributed by atoms with van der Waals surface area (Å²) in [6.07, 6.45) is 6.17. The monoisotopic (exact) mass is 368 g/mol. The van der Waals surface area contributed by atoms with Gasteiger partial charge in [0, 0.05) is 23.8 Å². The van der Waals surface area contributed by atoms with Crippen molar-refractivity contribution in [3.63, 3.8) is 0 Å². The van der Waals surface area contributed by atoms with Crippen molar-refractivity contribution in [1.82, 2.24) is 0 Å². The molecule has 1 amide bonds. The summed E-state index contributed by atoms with van der Waals surface area (Å²) in [7, 11) is 3.22. The van der Waals surface area contributed by atoms with Crippen molar-refractivity contribution in [3.8, 4) is 11.5 Å². The van der Waals surface area contributed by atoms with Crippen molar-refractivity contribution in [2.75, 3.05) is 24.9 Å². The van der Waals surface area contributed by atoms with Gasteiger partial charge in [0.1, 0.15) is 0 Å². The lowest BCUT2D eigenvalue weighted by Gasteiger charge is -2.14. The third-order valence-corrected chi connectivity index (χ3v) is 4.98. The standard InChI is InChI=1S/C22H28N2O3/c1-26-20-13-7-16(15-21(20)27-2)8-14-22(25)24-19-11-9-18(10-12-19)23-17-5-3-4-6-17/h7,9-13,15,17,23H,3-6,8,14H2,1-2H3,(H,24,25). The predicted octanol–water partition coefficient (Wildman–Crippen LogP) is 4.63. The molecule has 2 aromatic carbocycles. The van der Waals surface area contributed by atoms with Crippen molar-refractivity contribution < 1.29 is 14.3 Å². The smallest absolute Gasteiger partial charge is 0.224 e. The van der Waals surface area contributed by atoms with E-state index in [-0.39, 0.29) is 5.91 Å². The van der Waals surface area contributed by atoms with E-state index in [0.717, 1.165) is 16.9 Å². The van der Waals surface area contributed by atoms with E-state index < -0.39 is 0 Å². The molecule has 0 aliphatic heterocycles. The molecule has 27 heavy (non-hydrogen) atoms. The fourth-order valence-corrected chi connectivity index (χ4v) is 3.47. The van der Waals surface area contributed by atoms with Gasteiger partial charge in [0.05, 0.1) is 14.2 Å². The molecular formula is C22H28N2O3. The third kappa shape index (κ3) is 5.39. The Morgan fingerprint density at radius 2 is 1.63 bits per heavy atom. The Balaban J connectivity index is 1.48. The van der Waals surface area contributed by atoms with Crippen LogP contribution in [0.5, 0.6) is 11.5 Å². The molecule has 5 nitrogen and oxygen atoms in total. The lowest BCUT2D eigenvalue weighted by molar-refractivity contribution is -0.116. The number of anilines is 2. The second kappa shape index (κ2) is 9.31. The van der Waals surface area contributed by atoms with Gasteiger partial charge in [-0.25, -0.2) is 0 Å². The summed E-state index contributed by atoms with van der Waals surface area (Å²) in [6.45, 7) is 0.